The Hall–Kier alpha value is -2.32. The van der Waals surface area contributed by atoms with Crippen molar-refractivity contribution in [2.24, 2.45) is 0 Å². The number of carbonyl (C=O) groups excluding carboxylic acids is 2. The number of rotatable bonds is 6. The van der Waals surface area contributed by atoms with E-state index in [2.05, 4.69) is 25.7 Å². The van der Waals surface area contributed by atoms with Crippen LogP contribution >= 0.6 is 11.3 Å². The Morgan fingerprint density at radius 1 is 1.15 bits per heavy atom. The number of nitrogens with zero attached hydrogens (tertiary/aromatic N) is 3. The van der Waals surface area contributed by atoms with Crippen molar-refractivity contribution in [1.82, 2.24) is 20.4 Å². The van der Waals surface area contributed by atoms with Crippen LogP contribution in [0.2, 0.25) is 0 Å². The van der Waals surface area contributed by atoms with E-state index in [1.54, 1.807) is 31.2 Å². The van der Waals surface area contributed by atoms with Crippen molar-refractivity contribution in [3.8, 4) is 0 Å². The Morgan fingerprint density at radius 2 is 1.96 bits per heavy atom. The minimum atomic E-state index is -0.321. The number of aryl methyl sites for hydroxylation is 1. The SMILES string of the molecule is Cc1nnc(C(=O)Nc2cccc(C(=O)NCCN3CCCCC3)c2)s1. The topological polar surface area (TPSA) is 87.2 Å². The third-order valence-corrected chi connectivity index (χ3v) is 5.10. The monoisotopic (exact) mass is 373 g/mol. The first kappa shape index (κ1) is 18.5. The fourth-order valence-electron chi connectivity index (χ4n) is 2.92. The molecule has 1 saturated heterocycles. The summed E-state index contributed by atoms with van der Waals surface area (Å²) >= 11 is 1.23. The molecule has 7 nitrogen and oxygen atoms in total. The number of aromatic nitrogens is 2. The molecule has 0 bridgehead atoms. The second kappa shape index (κ2) is 8.86. The normalized spacial score (nSPS) is 14.8. The third kappa shape index (κ3) is 5.09. The number of likely N-dealkylation sites (tertiary alicyclic amines) is 1. The highest BCUT2D eigenvalue weighted by Crippen LogP contribution is 2.14. The van der Waals surface area contributed by atoms with E-state index in [9.17, 15) is 9.59 Å². The van der Waals surface area contributed by atoms with Gasteiger partial charge in [0.05, 0.1) is 0 Å². The smallest absolute Gasteiger partial charge is 0.286 e. The van der Waals surface area contributed by atoms with Crippen molar-refractivity contribution in [2.75, 3.05) is 31.5 Å². The van der Waals surface area contributed by atoms with Gasteiger partial charge in [-0.15, -0.1) is 10.2 Å². The molecule has 2 heterocycles. The van der Waals surface area contributed by atoms with Gasteiger partial charge in [0.1, 0.15) is 5.01 Å². The molecule has 2 aromatic rings. The zero-order valence-corrected chi connectivity index (χ0v) is 15.6. The van der Waals surface area contributed by atoms with Crippen LogP contribution in [0.25, 0.3) is 0 Å². The molecule has 1 fully saturated rings. The molecule has 1 aromatic heterocycles. The Labute approximate surface area is 156 Å². The van der Waals surface area contributed by atoms with Crippen LogP contribution < -0.4 is 10.6 Å². The molecule has 0 spiro atoms. The number of carbonyl (C=O) groups is 2. The number of amides is 2. The molecule has 1 aromatic carbocycles. The van der Waals surface area contributed by atoms with E-state index >= 15 is 0 Å². The van der Waals surface area contributed by atoms with E-state index in [1.165, 1.54) is 30.6 Å². The predicted molar refractivity (Wildman–Crippen MR) is 102 cm³/mol. The van der Waals surface area contributed by atoms with Gasteiger partial charge >= 0.3 is 0 Å². The molecule has 0 saturated carbocycles. The molecule has 0 radical (unpaired) electrons. The van der Waals surface area contributed by atoms with E-state index in [1.807, 2.05) is 0 Å². The maximum atomic E-state index is 12.3. The van der Waals surface area contributed by atoms with Crippen LogP contribution in [0.15, 0.2) is 24.3 Å². The van der Waals surface area contributed by atoms with E-state index in [0.29, 0.717) is 22.8 Å². The lowest BCUT2D eigenvalue weighted by molar-refractivity contribution is 0.0945. The van der Waals surface area contributed by atoms with Gasteiger partial charge in [0.2, 0.25) is 5.01 Å². The molecular weight excluding hydrogens is 350 g/mol. The molecule has 2 amide bonds. The number of piperidine rings is 1. The Bertz CT molecular complexity index is 770. The summed E-state index contributed by atoms with van der Waals surface area (Å²) < 4.78 is 0. The maximum Gasteiger partial charge on any atom is 0.286 e. The van der Waals surface area contributed by atoms with Gasteiger partial charge in [0.15, 0.2) is 0 Å². The third-order valence-electron chi connectivity index (χ3n) is 4.27. The van der Waals surface area contributed by atoms with Crippen LogP contribution in [0.4, 0.5) is 5.69 Å². The van der Waals surface area contributed by atoms with Crippen molar-refractivity contribution in [2.45, 2.75) is 26.2 Å². The van der Waals surface area contributed by atoms with Gasteiger partial charge in [-0.3, -0.25) is 9.59 Å². The van der Waals surface area contributed by atoms with Crippen molar-refractivity contribution in [1.29, 1.82) is 0 Å². The van der Waals surface area contributed by atoms with Crippen molar-refractivity contribution in [3.63, 3.8) is 0 Å². The predicted octanol–water partition coefficient (Wildman–Crippen LogP) is 2.31. The number of hydrogen-bond donors (Lipinski definition) is 2. The van der Waals surface area contributed by atoms with Gasteiger partial charge in [-0.05, 0) is 51.1 Å². The first-order chi connectivity index (χ1) is 12.6. The maximum absolute atomic E-state index is 12.3. The van der Waals surface area contributed by atoms with Gasteiger partial charge in [0.25, 0.3) is 11.8 Å². The largest absolute Gasteiger partial charge is 0.351 e. The minimum absolute atomic E-state index is 0.134. The lowest BCUT2D eigenvalue weighted by atomic mass is 10.1. The van der Waals surface area contributed by atoms with Gasteiger partial charge in [-0.1, -0.05) is 23.8 Å². The summed E-state index contributed by atoms with van der Waals surface area (Å²) in [7, 11) is 0. The van der Waals surface area contributed by atoms with Gasteiger partial charge < -0.3 is 15.5 Å². The highest BCUT2D eigenvalue weighted by atomic mass is 32.1. The summed E-state index contributed by atoms with van der Waals surface area (Å²) in [6.45, 7) is 5.52. The number of hydrogen-bond acceptors (Lipinski definition) is 6. The number of nitrogens with one attached hydrogen (secondary N) is 2. The molecule has 3 rings (SSSR count). The average molecular weight is 373 g/mol. The highest BCUT2D eigenvalue weighted by Gasteiger charge is 2.13. The molecule has 0 unspecified atom stereocenters. The molecule has 0 atom stereocenters. The second-order valence-electron chi connectivity index (χ2n) is 6.32. The van der Waals surface area contributed by atoms with Gasteiger partial charge in [-0.2, -0.15) is 0 Å². The number of anilines is 1. The first-order valence-corrected chi connectivity index (χ1v) is 9.65. The molecular formula is C18H23N5O2S. The second-order valence-corrected chi connectivity index (χ2v) is 7.50. The zero-order chi connectivity index (χ0) is 18.4. The molecule has 2 N–H and O–H groups in total. The summed E-state index contributed by atoms with van der Waals surface area (Å²) in [6.07, 6.45) is 3.78. The summed E-state index contributed by atoms with van der Waals surface area (Å²) in [4.78, 5) is 26.9. The van der Waals surface area contributed by atoms with Crippen LogP contribution in [-0.2, 0) is 0 Å². The summed E-state index contributed by atoms with van der Waals surface area (Å²) in [5, 5.41) is 14.4. The molecule has 0 aliphatic carbocycles. The Morgan fingerprint density at radius 3 is 2.69 bits per heavy atom. The zero-order valence-electron chi connectivity index (χ0n) is 14.8. The Kier molecular flexibility index (Phi) is 6.30. The van der Waals surface area contributed by atoms with E-state index in [0.717, 1.165) is 24.6 Å². The van der Waals surface area contributed by atoms with Crippen molar-refractivity contribution >= 4 is 28.8 Å². The summed E-state index contributed by atoms with van der Waals surface area (Å²) in [5.74, 6) is -0.455. The highest BCUT2D eigenvalue weighted by molar-refractivity contribution is 7.13. The fraction of sp³-hybridized carbons (Fsp3) is 0.444. The van der Waals surface area contributed by atoms with Gasteiger partial charge in [-0.25, -0.2) is 0 Å². The molecule has 26 heavy (non-hydrogen) atoms. The first-order valence-electron chi connectivity index (χ1n) is 8.84. The van der Waals surface area contributed by atoms with E-state index in [-0.39, 0.29) is 11.8 Å². The van der Waals surface area contributed by atoms with Crippen LogP contribution in [0.3, 0.4) is 0 Å². The molecule has 1 aliphatic rings. The average Bonchev–Trinajstić information content (AvgIpc) is 3.09. The summed E-state index contributed by atoms with van der Waals surface area (Å²) in [6, 6.07) is 6.90. The molecule has 8 heteroatoms. The minimum Gasteiger partial charge on any atom is -0.351 e. The van der Waals surface area contributed by atoms with Crippen molar-refractivity contribution in [3.05, 3.63) is 39.8 Å². The van der Waals surface area contributed by atoms with Crippen LogP contribution in [0.5, 0.6) is 0 Å². The van der Waals surface area contributed by atoms with Crippen LogP contribution in [0.1, 0.15) is 44.4 Å². The molecule has 138 valence electrons. The summed E-state index contributed by atoms with van der Waals surface area (Å²) in [5.41, 5.74) is 1.08. The van der Waals surface area contributed by atoms with Crippen LogP contribution in [-0.4, -0.2) is 53.1 Å². The Balaban J connectivity index is 1.52. The van der Waals surface area contributed by atoms with Crippen LogP contribution in [0, 0.1) is 6.92 Å². The van der Waals surface area contributed by atoms with E-state index < -0.39 is 0 Å². The van der Waals surface area contributed by atoms with Crippen molar-refractivity contribution < 1.29 is 9.59 Å². The lowest BCUT2D eigenvalue weighted by Gasteiger charge is -2.26. The van der Waals surface area contributed by atoms with Gasteiger partial charge in [0, 0.05) is 24.3 Å². The fourth-order valence-corrected chi connectivity index (χ4v) is 3.51. The quantitative estimate of drug-likeness (QED) is 0.811. The number of benzene rings is 1. The van der Waals surface area contributed by atoms with E-state index in [4.69, 9.17) is 0 Å². The molecule has 1 aliphatic heterocycles. The lowest BCUT2D eigenvalue weighted by Crippen LogP contribution is -2.37. The standard InChI is InChI=1S/C18H23N5O2S/c1-13-21-22-18(26-13)17(25)20-15-7-5-6-14(12-15)16(24)19-8-11-23-9-3-2-4-10-23/h5-7,12H,2-4,8-11H2,1H3,(H,19,24)(H,20,25).